The molecule has 0 saturated carbocycles. The Morgan fingerprint density at radius 3 is 3.00 bits per heavy atom. The van der Waals surface area contributed by atoms with Crippen LogP contribution in [0.3, 0.4) is 0 Å². The van der Waals surface area contributed by atoms with Crippen LogP contribution in [0.15, 0.2) is 30.6 Å². The topological polar surface area (TPSA) is 32.6 Å². The maximum absolute atomic E-state index is 4.72. The number of imidazole rings is 1. The Balaban J connectivity index is 1.65. The number of pyridine rings is 1. The first-order valence-corrected chi connectivity index (χ1v) is 8.18. The van der Waals surface area contributed by atoms with Crippen LogP contribution >= 0.6 is 0 Å². The number of aromatic nitrogens is 2. The van der Waals surface area contributed by atoms with E-state index in [1.807, 2.05) is 12.1 Å². The van der Waals surface area contributed by atoms with Gasteiger partial charge in [0.05, 0.1) is 5.69 Å². The summed E-state index contributed by atoms with van der Waals surface area (Å²) in [5.74, 6) is 0.760. The van der Waals surface area contributed by atoms with Gasteiger partial charge in [0, 0.05) is 38.1 Å². The molecule has 2 aromatic heterocycles. The minimum Gasteiger partial charge on any atom is -0.314 e. The van der Waals surface area contributed by atoms with E-state index >= 15 is 0 Å². The number of hydrogen-bond donors (Lipinski definition) is 1. The molecular weight excluding hydrogens is 260 g/mol. The monoisotopic (exact) mass is 286 g/mol. The van der Waals surface area contributed by atoms with Gasteiger partial charge in [0.15, 0.2) is 0 Å². The molecular formula is C17H26N4. The summed E-state index contributed by atoms with van der Waals surface area (Å²) >= 11 is 0. The van der Waals surface area contributed by atoms with E-state index in [2.05, 4.69) is 46.9 Å². The highest BCUT2D eigenvalue weighted by Gasteiger charge is 2.27. The van der Waals surface area contributed by atoms with Crippen molar-refractivity contribution >= 4 is 5.65 Å². The Kier molecular flexibility index (Phi) is 4.56. The smallest absolute Gasteiger partial charge is 0.137 e. The highest BCUT2D eigenvalue weighted by atomic mass is 15.2. The van der Waals surface area contributed by atoms with E-state index < -0.39 is 0 Å². The van der Waals surface area contributed by atoms with Gasteiger partial charge >= 0.3 is 0 Å². The van der Waals surface area contributed by atoms with Gasteiger partial charge in [0.1, 0.15) is 5.65 Å². The van der Waals surface area contributed by atoms with Gasteiger partial charge in [0.2, 0.25) is 0 Å². The van der Waals surface area contributed by atoms with Gasteiger partial charge in [-0.05, 0) is 31.0 Å². The van der Waals surface area contributed by atoms with Crippen molar-refractivity contribution in [1.82, 2.24) is 19.6 Å². The molecule has 1 fully saturated rings. The molecule has 4 heteroatoms. The van der Waals surface area contributed by atoms with E-state index in [-0.39, 0.29) is 0 Å². The Hall–Kier alpha value is -1.39. The minimum absolute atomic E-state index is 0.692. The quantitative estimate of drug-likeness (QED) is 0.917. The van der Waals surface area contributed by atoms with Gasteiger partial charge < -0.3 is 9.72 Å². The molecule has 4 nitrogen and oxygen atoms in total. The molecule has 0 amide bonds. The molecule has 0 bridgehead atoms. The molecule has 0 aromatic carbocycles. The number of nitrogens with zero attached hydrogens (tertiary/aromatic N) is 3. The number of piperidine rings is 1. The fraction of sp³-hybridized carbons (Fsp3) is 0.588. The normalized spacial score (nSPS) is 23.7. The molecule has 1 aliphatic heterocycles. The zero-order valence-electron chi connectivity index (χ0n) is 13.1. The molecule has 2 atom stereocenters. The molecule has 0 radical (unpaired) electrons. The summed E-state index contributed by atoms with van der Waals surface area (Å²) in [6.07, 6.45) is 6.73. The third kappa shape index (κ3) is 3.27. The third-order valence-electron chi connectivity index (χ3n) is 4.61. The Bertz CT molecular complexity index is 544. The highest BCUT2D eigenvalue weighted by Crippen LogP contribution is 2.21. The van der Waals surface area contributed by atoms with Gasteiger partial charge in [-0.15, -0.1) is 0 Å². The van der Waals surface area contributed by atoms with Crippen molar-refractivity contribution in [3.05, 3.63) is 36.3 Å². The van der Waals surface area contributed by atoms with Crippen LogP contribution in [-0.2, 0) is 6.54 Å². The van der Waals surface area contributed by atoms with Crippen molar-refractivity contribution in [3.63, 3.8) is 0 Å². The first-order chi connectivity index (χ1) is 10.3. The fourth-order valence-electron chi connectivity index (χ4n) is 3.49. The second-order valence-corrected chi connectivity index (χ2v) is 6.05. The van der Waals surface area contributed by atoms with E-state index in [1.165, 1.54) is 31.6 Å². The summed E-state index contributed by atoms with van der Waals surface area (Å²) in [5.41, 5.74) is 2.22. The summed E-state index contributed by atoms with van der Waals surface area (Å²) in [4.78, 5) is 7.28. The first kappa shape index (κ1) is 14.5. The summed E-state index contributed by atoms with van der Waals surface area (Å²) in [5, 5.41) is 3.64. The average molecular weight is 286 g/mol. The van der Waals surface area contributed by atoms with Crippen LogP contribution in [0.25, 0.3) is 5.65 Å². The number of likely N-dealkylation sites (tertiary alicyclic amines) is 1. The van der Waals surface area contributed by atoms with Crippen LogP contribution in [0, 0.1) is 5.92 Å². The predicted octanol–water partition coefficient (Wildman–Crippen LogP) is 2.54. The number of hydrogen-bond acceptors (Lipinski definition) is 3. The van der Waals surface area contributed by atoms with E-state index in [1.54, 1.807) is 0 Å². The van der Waals surface area contributed by atoms with Crippen LogP contribution in [0.1, 0.15) is 32.4 Å². The predicted molar refractivity (Wildman–Crippen MR) is 86.3 cm³/mol. The van der Waals surface area contributed by atoms with E-state index in [9.17, 15) is 0 Å². The van der Waals surface area contributed by atoms with Gasteiger partial charge in [-0.2, -0.15) is 0 Å². The maximum Gasteiger partial charge on any atom is 0.137 e. The maximum atomic E-state index is 4.72. The molecule has 1 N–H and O–H groups in total. The Labute approximate surface area is 127 Å². The van der Waals surface area contributed by atoms with Gasteiger partial charge in [0.25, 0.3) is 0 Å². The number of rotatable bonds is 5. The van der Waals surface area contributed by atoms with Crippen LogP contribution in [0.5, 0.6) is 0 Å². The molecule has 0 aliphatic carbocycles. The lowest BCUT2D eigenvalue weighted by atomic mass is 9.90. The van der Waals surface area contributed by atoms with Crippen molar-refractivity contribution < 1.29 is 0 Å². The number of fused-ring (bicyclic) bond motifs is 1. The van der Waals surface area contributed by atoms with Crippen LogP contribution < -0.4 is 5.32 Å². The molecule has 21 heavy (non-hydrogen) atoms. The summed E-state index contributed by atoms with van der Waals surface area (Å²) in [6, 6.07) is 6.85. The van der Waals surface area contributed by atoms with Gasteiger partial charge in [-0.3, -0.25) is 4.90 Å². The van der Waals surface area contributed by atoms with Crippen molar-refractivity contribution in [2.75, 3.05) is 19.6 Å². The van der Waals surface area contributed by atoms with Crippen molar-refractivity contribution in [2.24, 2.45) is 5.92 Å². The average Bonchev–Trinajstić information content (AvgIpc) is 2.91. The van der Waals surface area contributed by atoms with Crippen molar-refractivity contribution in [3.8, 4) is 0 Å². The van der Waals surface area contributed by atoms with E-state index in [0.717, 1.165) is 24.7 Å². The second-order valence-electron chi connectivity index (χ2n) is 6.05. The highest BCUT2D eigenvalue weighted by molar-refractivity contribution is 5.39. The molecule has 3 rings (SSSR count). The lowest BCUT2D eigenvalue weighted by Crippen LogP contribution is -2.48. The second kappa shape index (κ2) is 6.58. The van der Waals surface area contributed by atoms with Gasteiger partial charge in [-0.1, -0.05) is 26.3 Å². The molecule has 0 spiro atoms. The molecule has 2 aromatic rings. The SMILES string of the molecule is CCNC1CCN(Cc2cn3ccccc3n2)CC1CC. The lowest BCUT2D eigenvalue weighted by molar-refractivity contribution is 0.128. The molecule has 1 aliphatic rings. The van der Waals surface area contributed by atoms with Crippen LogP contribution in [0.2, 0.25) is 0 Å². The standard InChI is InChI=1S/C17H26N4/c1-3-14-11-20(10-8-16(14)18-4-2)12-15-13-21-9-6-5-7-17(21)19-15/h5-7,9,13-14,16,18H,3-4,8,10-12H2,1-2H3. The summed E-state index contributed by atoms with van der Waals surface area (Å²) in [7, 11) is 0. The first-order valence-electron chi connectivity index (χ1n) is 8.18. The van der Waals surface area contributed by atoms with Crippen molar-refractivity contribution in [2.45, 2.75) is 39.3 Å². The number of nitrogens with one attached hydrogen (secondary N) is 1. The minimum atomic E-state index is 0.692. The van der Waals surface area contributed by atoms with Crippen LogP contribution in [-0.4, -0.2) is 40.0 Å². The molecule has 114 valence electrons. The summed E-state index contributed by atoms with van der Waals surface area (Å²) in [6.45, 7) is 8.91. The third-order valence-corrected chi connectivity index (χ3v) is 4.61. The molecule has 1 saturated heterocycles. The summed E-state index contributed by atoms with van der Waals surface area (Å²) < 4.78 is 2.11. The molecule has 2 unspecified atom stereocenters. The lowest BCUT2D eigenvalue weighted by Gasteiger charge is -2.38. The van der Waals surface area contributed by atoms with Crippen molar-refractivity contribution in [1.29, 1.82) is 0 Å². The zero-order chi connectivity index (χ0) is 14.7. The van der Waals surface area contributed by atoms with Crippen LogP contribution in [0.4, 0.5) is 0 Å². The fourth-order valence-corrected chi connectivity index (χ4v) is 3.49. The largest absolute Gasteiger partial charge is 0.314 e. The van der Waals surface area contributed by atoms with E-state index in [4.69, 9.17) is 4.98 Å². The zero-order valence-corrected chi connectivity index (χ0v) is 13.1. The molecule has 3 heterocycles. The Morgan fingerprint density at radius 2 is 2.24 bits per heavy atom. The Morgan fingerprint density at radius 1 is 1.33 bits per heavy atom. The van der Waals surface area contributed by atoms with E-state index in [0.29, 0.717) is 6.04 Å². The van der Waals surface area contributed by atoms with Gasteiger partial charge in [-0.25, -0.2) is 4.98 Å².